The lowest BCUT2D eigenvalue weighted by atomic mass is 10.2. The first-order valence-corrected chi connectivity index (χ1v) is 8.42. The molecule has 3 atom stereocenters. The number of fused-ring (bicyclic) bond motifs is 1. The first-order chi connectivity index (χ1) is 10.9. The highest BCUT2D eigenvalue weighted by Crippen LogP contribution is 2.44. The van der Waals surface area contributed by atoms with Crippen LogP contribution >= 0.6 is 7.60 Å². The number of aliphatic hydroxyl groups is 1. The Hall–Kier alpha value is -1.62. The number of rotatable bonds is 5. The van der Waals surface area contributed by atoms with Crippen molar-refractivity contribution in [2.24, 2.45) is 0 Å². The van der Waals surface area contributed by atoms with Crippen LogP contribution in [0.1, 0.15) is 6.42 Å². The van der Waals surface area contributed by atoms with E-state index in [2.05, 4.69) is 19.5 Å². The van der Waals surface area contributed by atoms with Crippen molar-refractivity contribution in [1.29, 1.82) is 5.41 Å². The van der Waals surface area contributed by atoms with E-state index in [1.54, 1.807) is 0 Å². The van der Waals surface area contributed by atoms with Crippen molar-refractivity contribution in [1.82, 2.24) is 19.5 Å². The van der Waals surface area contributed by atoms with Gasteiger partial charge in [0.05, 0.1) is 25.5 Å². The maximum absolute atomic E-state index is 11.7. The third-order valence-corrected chi connectivity index (χ3v) is 4.52. The van der Waals surface area contributed by atoms with Crippen LogP contribution in [0.5, 0.6) is 0 Å². The van der Waals surface area contributed by atoms with Gasteiger partial charge in [-0.3, -0.25) is 14.5 Å². The van der Waals surface area contributed by atoms with E-state index in [0.717, 1.165) is 7.11 Å². The second-order valence-corrected chi connectivity index (χ2v) is 6.94. The van der Waals surface area contributed by atoms with Crippen LogP contribution in [0.2, 0.25) is 0 Å². The number of ether oxygens (including phenoxy) is 2. The Bertz CT molecular complexity index is 821. The van der Waals surface area contributed by atoms with Crippen LogP contribution in [0.4, 0.5) is 0 Å². The number of H-pyrrole nitrogens is 1. The predicted molar refractivity (Wildman–Crippen MR) is 75.1 cm³/mol. The second kappa shape index (κ2) is 5.78. The monoisotopic (exact) mass is 345 g/mol. The number of imidazole rings is 1. The van der Waals surface area contributed by atoms with Crippen LogP contribution in [0.25, 0.3) is 11.2 Å². The third-order valence-electron chi connectivity index (χ3n) is 3.49. The maximum Gasteiger partial charge on any atom is 0.353 e. The summed E-state index contributed by atoms with van der Waals surface area (Å²) in [5.74, 6) is -1.63. The van der Waals surface area contributed by atoms with Gasteiger partial charge in [-0.25, -0.2) is 9.97 Å². The fraction of sp³-hybridized carbons (Fsp3) is 0.545. The Labute approximate surface area is 129 Å². The van der Waals surface area contributed by atoms with Gasteiger partial charge in [0.15, 0.2) is 17.5 Å². The molecule has 1 unspecified atom stereocenters. The van der Waals surface area contributed by atoms with Crippen LogP contribution in [0, 0.1) is 5.41 Å². The van der Waals surface area contributed by atoms with Gasteiger partial charge in [-0.05, 0) is 0 Å². The van der Waals surface area contributed by atoms with Crippen LogP contribution in [0.15, 0.2) is 12.7 Å². The van der Waals surface area contributed by atoms with E-state index in [1.807, 2.05) is 0 Å². The average molecular weight is 345 g/mol. The topological polar surface area (TPSA) is 156 Å². The summed E-state index contributed by atoms with van der Waals surface area (Å²) in [6.45, 7) is -0.0455. The molecule has 2 aromatic heterocycles. The number of hydrogen-bond acceptors (Lipinski definition) is 8. The van der Waals surface area contributed by atoms with Crippen molar-refractivity contribution in [2.75, 3.05) is 20.1 Å². The van der Waals surface area contributed by atoms with Crippen molar-refractivity contribution in [3.05, 3.63) is 18.1 Å². The lowest BCUT2D eigenvalue weighted by Crippen LogP contribution is -2.44. The average Bonchev–Trinajstić information content (AvgIpc) is 3.14. The van der Waals surface area contributed by atoms with Gasteiger partial charge in [0.2, 0.25) is 0 Å². The smallest absolute Gasteiger partial charge is 0.353 e. The minimum atomic E-state index is -3.96. The molecule has 126 valence electrons. The molecule has 3 rings (SSSR count). The molecule has 2 aromatic rings. The molecule has 1 saturated heterocycles. The molecule has 1 aliphatic rings. The zero-order chi connectivity index (χ0) is 16.7. The molecule has 0 amide bonds. The molecule has 11 nitrogen and oxygen atoms in total. The largest absolute Gasteiger partial charge is 0.390 e. The Morgan fingerprint density at radius 1 is 1.65 bits per heavy atom. The van der Waals surface area contributed by atoms with Gasteiger partial charge in [0.25, 0.3) is 5.91 Å². The van der Waals surface area contributed by atoms with E-state index in [9.17, 15) is 14.6 Å². The summed E-state index contributed by atoms with van der Waals surface area (Å²) in [5.41, 5.74) is 0.635. The van der Waals surface area contributed by atoms with E-state index in [0.29, 0.717) is 11.2 Å². The summed E-state index contributed by atoms with van der Waals surface area (Å²) in [5, 5.41) is 18.0. The molecule has 3 heterocycles. The van der Waals surface area contributed by atoms with E-state index < -0.39 is 26.0 Å². The Balaban J connectivity index is 2.03. The highest BCUT2D eigenvalue weighted by atomic mass is 31.2. The first kappa shape index (κ1) is 16.2. The summed E-state index contributed by atoms with van der Waals surface area (Å²) in [4.78, 5) is 20.3. The zero-order valence-corrected chi connectivity index (χ0v) is 13.1. The molecule has 1 fully saturated rings. The summed E-state index contributed by atoms with van der Waals surface area (Å²) in [6, 6.07) is 0. The van der Waals surface area contributed by atoms with Crippen LogP contribution in [0.3, 0.4) is 0 Å². The minimum Gasteiger partial charge on any atom is -0.390 e. The molecule has 4 N–H and O–H groups in total. The van der Waals surface area contributed by atoms with Crippen LogP contribution in [-0.2, 0) is 24.5 Å². The lowest BCUT2D eigenvalue weighted by molar-refractivity contribution is -0.263. The van der Waals surface area contributed by atoms with Crippen molar-refractivity contribution >= 4 is 18.8 Å². The van der Waals surface area contributed by atoms with Gasteiger partial charge in [-0.2, -0.15) is 0 Å². The van der Waals surface area contributed by atoms with Crippen molar-refractivity contribution < 1.29 is 28.6 Å². The van der Waals surface area contributed by atoms with Gasteiger partial charge >= 0.3 is 7.60 Å². The van der Waals surface area contributed by atoms with Gasteiger partial charge in [0, 0.05) is 7.11 Å². The molecule has 0 radical (unpaired) electrons. The fourth-order valence-electron chi connectivity index (χ4n) is 2.32. The molecule has 0 aromatic carbocycles. The third kappa shape index (κ3) is 2.94. The molecule has 23 heavy (non-hydrogen) atoms. The summed E-state index contributed by atoms with van der Waals surface area (Å²) in [7, 11) is -2.87. The Morgan fingerprint density at radius 3 is 3.09 bits per heavy atom. The van der Waals surface area contributed by atoms with E-state index in [1.165, 1.54) is 17.2 Å². The molecule has 0 aliphatic carbocycles. The number of nitrogens with one attached hydrogen (secondary N) is 2. The Morgan fingerprint density at radius 2 is 2.43 bits per heavy atom. The molecule has 12 heteroatoms. The first-order valence-electron chi connectivity index (χ1n) is 6.66. The quantitative estimate of drug-likeness (QED) is 0.525. The zero-order valence-electron chi connectivity index (χ0n) is 12.2. The van der Waals surface area contributed by atoms with E-state index >= 15 is 0 Å². The van der Waals surface area contributed by atoms with E-state index in [-0.39, 0.29) is 18.5 Å². The molecule has 0 saturated carbocycles. The number of aromatic amines is 1. The number of hydrogen-bond donors (Lipinski definition) is 4. The summed E-state index contributed by atoms with van der Waals surface area (Å²) in [6.07, 6.45) is 1.13. The Kier molecular flexibility index (Phi) is 4.08. The molecule has 0 spiro atoms. The van der Waals surface area contributed by atoms with Crippen molar-refractivity contribution in [3.8, 4) is 0 Å². The second-order valence-electron chi connectivity index (χ2n) is 5.04. The van der Waals surface area contributed by atoms with Crippen molar-refractivity contribution in [3.63, 3.8) is 0 Å². The van der Waals surface area contributed by atoms with Gasteiger partial charge in [-0.15, -0.1) is 0 Å². The summed E-state index contributed by atoms with van der Waals surface area (Å²) < 4.78 is 28.3. The SMILES string of the molecule is COP(=O)(O)CO[C@]1(n2cnc3nc[nH]c3c2=N)C[C@H](O)CO1. The van der Waals surface area contributed by atoms with E-state index in [4.69, 9.17) is 14.9 Å². The highest BCUT2D eigenvalue weighted by Gasteiger charge is 2.45. The molecular weight excluding hydrogens is 329 g/mol. The van der Waals surface area contributed by atoms with Crippen LogP contribution < -0.4 is 5.49 Å². The fourth-order valence-corrected chi connectivity index (χ4v) is 2.79. The van der Waals surface area contributed by atoms with Crippen LogP contribution in [-0.4, -0.2) is 55.7 Å². The number of aromatic nitrogens is 4. The number of nitrogens with zero attached hydrogens (tertiary/aromatic N) is 3. The summed E-state index contributed by atoms with van der Waals surface area (Å²) >= 11 is 0. The van der Waals surface area contributed by atoms with Gasteiger partial charge in [0.1, 0.15) is 11.8 Å². The van der Waals surface area contributed by atoms with Crippen molar-refractivity contribution in [2.45, 2.75) is 18.4 Å². The van der Waals surface area contributed by atoms with Gasteiger partial charge in [-0.1, -0.05) is 0 Å². The lowest BCUT2D eigenvalue weighted by Gasteiger charge is -2.30. The maximum atomic E-state index is 11.7. The molecule has 0 bridgehead atoms. The molecule has 1 aliphatic heterocycles. The predicted octanol–water partition coefficient (Wildman–Crippen LogP) is -0.564. The normalized spacial score (nSPS) is 27.3. The molecular formula is C11H16N5O6P. The number of aliphatic hydroxyl groups excluding tert-OH is 1. The highest BCUT2D eigenvalue weighted by molar-refractivity contribution is 7.52. The standard InChI is InChI=1S/C11H16N5O6P/c1-20-23(18,19)6-22-11(2-7(17)3-21-11)16-5-15-10-8(9(16)12)13-4-14-10/h4-5,7,12,17H,2-3,6H2,1H3,(H,13,14)(H,18,19)/t7-,11-/m0/s1. The minimum absolute atomic E-state index is 0.0332. The van der Waals surface area contributed by atoms with Gasteiger partial charge < -0.3 is 29.0 Å².